The maximum atomic E-state index is 4.02. The SMILES string of the molecule is CCCc1ccc(C)nn1. The Bertz CT molecular complexity index is 191. The summed E-state index contributed by atoms with van der Waals surface area (Å²) in [6.07, 6.45) is 2.17. The lowest BCUT2D eigenvalue weighted by Gasteiger charge is -1.94. The van der Waals surface area contributed by atoms with Gasteiger partial charge in [0.05, 0.1) is 11.4 Å². The van der Waals surface area contributed by atoms with Crippen LogP contribution in [0.3, 0.4) is 0 Å². The second-order valence-electron chi connectivity index (χ2n) is 2.42. The number of aryl methyl sites for hydroxylation is 2. The number of rotatable bonds is 2. The molecule has 0 aliphatic carbocycles. The van der Waals surface area contributed by atoms with Gasteiger partial charge in [-0.05, 0) is 25.5 Å². The van der Waals surface area contributed by atoms with Gasteiger partial charge in [0, 0.05) is 0 Å². The Morgan fingerprint density at radius 2 is 2.10 bits per heavy atom. The molecule has 1 heterocycles. The van der Waals surface area contributed by atoms with Gasteiger partial charge in [-0.1, -0.05) is 13.3 Å². The number of hydrogen-bond donors (Lipinski definition) is 0. The lowest BCUT2D eigenvalue weighted by Crippen LogP contribution is -1.92. The molecule has 0 aromatic carbocycles. The molecule has 0 saturated carbocycles. The van der Waals surface area contributed by atoms with Crippen molar-refractivity contribution in [2.24, 2.45) is 0 Å². The highest BCUT2D eigenvalue weighted by molar-refractivity contribution is 5.04. The lowest BCUT2D eigenvalue weighted by atomic mass is 10.2. The molecule has 2 heteroatoms. The number of aromatic nitrogens is 2. The summed E-state index contributed by atoms with van der Waals surface area (Å²) in [6, 6.07) is 4.03. The van der Waals surface area contributed by atoms with E-state index in [9.17, 15) is 0 Å². The third kappa shape index (κ3) is 1.79. The molecule has 0 amide bonds. The van der Waals surface area contributed by atoms with E-state index in [1.165, 1.54) is 0 Å². The fourth-order valence-corrected chi connectivity index (χ4v) is 0.816. The number of hydrogen-bond acceptors (Lipinski definition) is 2. The quantitative estimate of drug-likeness (QED) is 0.618. The molecule has 1 rings (SSSR count). The van der Waals surface area contributed by atoms with Crippen molar-refractivity contribution in [2.75, 3.05) is 0 Å². The molecule has 10 heavy (non-hydrogen) atoms. The molecule has 0 atom stereocenters. The van der Waals surface area contributed by atoms with Crippen LogP contribution in [0.2, 0.25) is 0 Å². The molecule has 0 spiro atoms. The van der Waals surface area contributed by atoms with Crippen molar-refractivity contribution in [3.8, 4) is 0 Å². The standard InChI is InChI=1S/C8H12N2/c1-3-4-8-6-5-7(2)9-10-8/h5-6H,3-4H2,1-2H3. The van der Waals surface area contributed by atoms with Crippen molar-refractivity contribution < 1.29 is 0 Å². The summed E-state index contributed by atoms with van der Waals surface area (Å²) in [7, 11) is 0. The molecule has 54 valence electrons. The van der Waals surface area contributed by atoms with Crippen molar-refractivity contribution in [1.29, 1.82) is 0 Å². The summed E-state index contributed by atoms with van der Waals surface area (Å²) in [5, 5.41) is 7.97. The van der Waals surface area contributed by atoms with Gasteiger partial charge in [-0.3, -0.25) is 0 Å². The predicted octanol–water partition coefficient (Wildman–Crippen LogP) is 1.74. The highest BCUT2D eigenvalue weighted by Gasteiger charge is 1.91. The van der Waals surface area contributed by atoms with Crippen LogP contribution in [0.5, 0.6) is 0 Å². The highest BCUT2D eigenvalue weighted by atomic mass is 15.1. The van der Waals surface area contributed by atoms with Crippen molar-refractivity contribution in [1.82, 2.24) is 10.2 Å². The van der Waals surface area contributed by atoms with E-state index < -0.39 is 0 Å². The van der Waals surface area contributed by atoms with Crippen LogP contribution >= 0.6 is 0 Å². The average molecular weight is 136 g/mol. The smallest absolute Gasteiger partial charge is 0.0631 e. The number of nitrogens with zero attached hydrogens (tertiary/aromatic N) is 2. The molecule has 0 aliphatic rings. The highest BCUT2D eigenvalue weighted by Crippen LogP contribution is 1.97. The summed E-state index contributed by atoms with van der Waals surface area (Å²) in [4.78, 5) is 0. The zero-order chi connectivity index (χ0) is 7.40. The van der Waals surface area contributed by atoms with Crippen LogP contribution < -0.4 is 0 Å². The second-order valence-corrected chi connectivity index (χ2v) is 2.42. The van der Waals surface area contributed by atoms with Crippen LogP contribution in [0, 0.1) is 6.92 Å². The van der Waals surface area contributed by atoms with Gasteiger partial charge in [-0.2, -0.15) is 10.2 Å². The molecule has 0 bridgehead atoms. The topological polar surface area (TPSA) is 25.8 Å². The first-order valence-corrected chi connectivity index (χ1v) is 3.62. The molecule has 2 nitrogen and oxygen atoms in total. The van der Waals surface area contributed by atoms with Crippen LogP contribution in [-0.4, -0.2) is 10.2 Å². The normalized spacial score (nSPS) is 9.80. The Balaban J connectivity index is 2.69. The van der Waals surface area contributed by atoms with Crippen LogP contribution in [-0.2, 0) is 6.42 Å². The van der Waals surface area contributed by atoms with E-state index in [-0.39, 0.29) is 0 Å². The van der Waals surface area contributed by atoms with Gasteiger partial charge in [-0.25, -0.2) is 0 Å². The second kappa shape index (κ2) is 3.30. The van der Waals surface area contributed by atoms with E-state index in [2.05, 4.69) is 17.1 Å². The summed E-state index contributed by atoms with van der Waals surface area (Å²) < 4.78 is 0. The molecule has 1 aromatic rings. The first kappa shape index (κ1) is 7.19. The Hall–Kier alpha value is -0.920. The summed E-state index contributed by atoms with van der Waals surface area (Å²) in [5.41, 5.74) is 2.08. The summed E-state index contributed by atoms with van der Waals surface area (Å²) in [5.74, 6) is 0. The fraction of sp³-hybridized carbons (Fsp3) is 0.500. The first-order chi connectivity index (χ1) is 4.83. The molecule has 0 aliphatic heterocycles. The van der Waals surface area contributed by atoms with Gasteiger partial charge in [0.15, 0.2) is 0 Å². The lowest BCUT2D eigenvalue weighted by molar-refractivity contribution is 0.827. The molecule has 0 N–H and O–H groups in total. The van der Waals surface area contributed by atoms with E-state index in [1.807, 2.05) is 19.1 Å². The maximum absolute atomic E-state index is 4.02. The van der Waals surface area contributed by atoms with E-state index in [1.54, 1.807) is 0 Å². The molecule has 0 fully saturated rings. The Morgan fingerprint density at radius 3 is 2.60 bits per heavy atom. The average Bonchev–Trinajstić information content (AvgIpc) is 1.95. The minimum Gasteiger partial charge on any atom is -0.156 e. The van der Waals surface area contributed by atoms with Gasteiger partial charge in [0.1, 0.15) is 0 Å². The third-order valence-corrected chi connectivity index (χ3v) is 1.36. The van der Waals surface area contributed by atoms with Crippen molar-refractivity contribution in [3.63, 3.8) is 0 Å². The van der Waals surface area contributed by atoms with Gasteiger partial charge >= 0.3 is 0 Å². The molecular formula is C8H12N2. The minimum atomic E-state index is 0.986. The summed E-state index contributed by atoms with van der Waals surface area (Å²) >= 11 is 0. The van der Waals surface area contributed by atoms with Gasteiger partial charge in [0.2, 0.25) is 0 Å². The van der Waals surface area contributed by atoms with Crippen molar-refractivity contribution in [2.45, 2.75) is 26.7 Å². The zero-order valence-electron chi connectivity index (χ0n) is 6.46. The molecule has 0 unspecified atom stereocenters. The van der Waals surface area contributed by atoms with E-state index >= 15 is 0 Å². The zero-order valence-corrected chi connectivity index (χ0v) is 6.46. The molecule has 1 aromatic heterocycles. The Morgan fingerprint density at radius 1 is 1.30 bits per heavy atom. The molecule has 0 radical (unpaired) electrons. The van der Waals surface area contributed by atoms with E-state index in [0.717, 1.165) is 24.2 Å². The molecule has 0 saturated heterocycles. The van der Waals surface area contributed by atoms with Crippen molar-refractivity contribution >= 4 is 0 Å². The summed E-state index contributed by atoms with van der Waals surface area (Å²) in [6.45, 7) is 4.09. The van der Waals surface area contributed by atoms with Gasteiger partial charge in [0.25, 0.3) is 0 Å². The Kier molecular flexibility index (Phi) is 2.37. The van der Waals surface area contributed by atoms with E-state index in [4.69, 9.17) is 0 Å². The van der Waals surface area contributed by atoms with Gasteiger partial charge < -0.3 is 0 Å². The third-order valence-electron chi connectivity index (χ3n) is 1.36. The minimum absolute atomic E-state index is 0.986. The molecular weight excluding hydrogens is 124 g/mol. The first-order valence-electron chi connectivity index (χ1n) is 3.62. The van der Waals surface area contributed by atoms with E-state index in [0.29, 0.717) is 0 Å². The Labute approximate surface area is 61.3 Å². The van der Waals surface area contributed by atoms with Crippen LogP contribution in [0.15, 0.2) is 12.1 Å². The fourth-order valence-electron chi connectivity index (χ4n) is 0.816. The van der Waals surface area contributed by atoms with Crippen molar-refractivity contribution in [3.05, 3.63) is 23.5 Å². The van der Waals surface area contributed by atoms with Crippen LogP contribution in [0.25, 0.3) is 0 Å². The predicted molar refractivity (Wildman–Crippen MR) is 40.8 cm³/mol. The van der Waals surface area contributed by atoms with Crippen LogP contribution in [0.4, 0.5) is 0 Å². The van der Waals surface area contributed by atoms with Gasteiger partial charge in [-0.15, -0.1) is 0 Å². The monoisotopic (exact) mass is 136 g/mol. The van der Waals surface area contributed by atoms with Crippen LogP contribution in [0.1, 0.15) is 24.7 Å². The maximum Gasteiger partial charge on any atom is 0.0631 e. The largest absolute Gasteiger partial charge is 0.156 e.